The highest BCUT2D eigenvalue weighted by Gasteiger charge is 2.47. The monoisotopic (exact) mass is 452 g/mol. The van der Waals surface area contributed by atoms with E-state index in [1.165, 1.54) is 0 Å². The average molecular weight is 453 g/mol. The zero-order valence-electron chi connectivity index (χ0n) is 17.0. The second kappa shape index (κ2) is 7.94. The number of pyridine rings is 1. The molecule has 0 saturated heterocycles. The van der Waals surface area contributed by atoms with E-state index in [0.717, 1.165) is 23.4 Å². The van der Waals surface area contributed by atoms with Crippen LogP contribution in [0.5, 0.6) is 5.75 Å². The van der Waals surface area contributed by atoms with Gasteiger partial charge in [-0.2, -0.15) is 0 Å². The van der Waals surface area contributed by atoms with Crippen molar-refractivity contribution in [2.24, 2.45) is 28.5 Å². The largest absolute Gasteiger partial charge is 0.482 e. The number of aromatic nitrogens is 1. The van der Waals surface area contributed by atoms with Gasteiger partial charge in [-0.05, 0) is 48.1 Å². The van der Waals surface area contributed by atoms with Crippen LogP contribution in [0.3, 0.4) is 0 Å². The Morgan fingerprint density at radius 3 is 2.69 bits per heavy atom. The Balaban J connectivity index is 1.41. The molecule has 9 heteroatoms. The van der Waals surface area contributed by atoms with Crippen molar-refractivity contribution in [1.29, 1.82) is 0 Å². The SMILES string of the molecule is NC(=O)[C@@H]1[C@H](Nc2c(Cl)cnc3c2N=C(c2ccc(OCC(=O)O)cc2)C3)[C@H]2C=C[C@@H]1C2. The Kier molecular flexibility index (Phi) is 5.09. The molecule has 2 heterocycles. The summed E-state index contributed by atoms with van der Waals surface area (Å²) >= 11 is 6.50. The van der Waals surface area contributed by atoms with Gasteiger partial charge >= 0.3 is 5.97 Å². The summed E-state index contributed by atoms with van der Waals surface area (Å²) in [6.07, 6.45) is 7.26. The number of amides is 1. The van der Waals surface area contributed by atoms with E-state index in [1.54, 1.807) is 18.3 Å². The van der Waals surface area contributed by atoms with E-state index >= 15 is 0 Å². The summed E-state index contributed by atoms with van der Waals surface area (Å²) < 4.78 is 5.19. The van der Waals surface area contributed by atoms with Gasteiger partial charge in [0.05, 0.1) is 28.0 Å². The molecule has 164 valence electrons. The normalized spacial score (nSPS) is 24.8. The van der Waals surface area contributed by atoms with Crippen LogP contribution in [0.15, 0.2) is 47.6 Å². The summed E-state index contributed by atoms with van der Waals surface area (Å²) in [5.74, 6) is -0.774. The number of carbonyl (C=O) groups excluding carboxylic acids is 1. The maximum absolute atomic E-state index is 12.1. The molecule has 1 aliphatic heterocycles. The highest BCUT2D eigenvalue weighted by Crippen LogP contribution is 2.47. The van der Waals surface area contributed by atoms with Crippen molar-refractivity contribution in [2.45, 2.75) is 18.9 Å². The lowest BCUT2D eigenvalue weighted by molar-refractivity contribution is -0.139. The fourth-order valence-electron chi connectivity index (χ4n) is 4.87. The number of nitrogens with one attached hydrogen (secondary N) is 1. The maximum Gasteiger partial charge on any atom is 0.341 e. The average Bonchev–Trinajstić information content (AvgIpc) is 3.49. The van der Waals surface area contributed by atoms with Gasteiger partial charge in [0.1, 0.15) is 11.4 Å². The number of carbonyl (C=O) groups is 2. The first-order chi connectivity index (χ1) is 15.4. The summed E-state index contributed by atoms with van der Waals surface area (Å²) in [4.78, 5) is 32.0. The molecule has 1 fully saturated rings. The van der Waals surface area contributed by atoms with Gasteiger partial charge in [0.2, 0.25) is 5.91 Å². The molecule has 2 aliphatic carbocycles. The minimum atomic E-state index is -1.03. The number of nitrogens with two attached hydrogens (primary N) is 1. The quantitative estimate of drug-likeness (QED) is 0.554. The van der Waals surface area contributed by atoms with E-state index in [-0.39, 0.29) is 29.7 Å². The Morgan fingerprint density at radius 2 is 1.97 bits per heavy atom. The van der Waals surface area contributed by atoms with E-state index in [4.69, 9.17) is 32.2 Å². The number of primary amides is 1. The Bertz CT molecular complexity index is 1160. The molecule has 4 N–H and O–H groups in total. The van der Waals surface area contributed by atoms with Gasteiger partial charge < -0.3 is 20.9 Å². The smallest absolute Gasteiger partial charge is 0.341 e. The van der Waals surface area contributed by atoms with Gasteiger partial charge in [-0.3, -0.25) is 9.78 Å². The summed E-state index contributed by atoms with van der Waals surface area (Å²) in [5.41, 5.74) is 9.55. The molecular formula is C23H21ClN4O4. The first kappa shape index (κ1) is 20.5. The number of anilines is 1. The number of allylic oxidation sites excluding steroid dienone is 1. The number of aliphatic carboxylic acids is 1. The van der Waals surface area contributed by atoms with Crippen molar-refractivity contribution in [3.63, 3.8) is 0 Å². The van der Waals surface area contributed by atoms with Crippen molar-refractivity contribution in [1.82, 2.24) is 4.98 Å². The molecule has 1 amide bonds. The lowest BCUT2D eigenvalue weighted by atomic mass is 9.88. The van der Waals surface area contributed by atoms with Gasteiger partial charge in [0.15, 0.2) is 6.61 Å². The van der Waals surface area contributed by atoms with Crippen LogP contribution in [0.1, 0.15) is 17.7 Å². The van der Waals surface area contributed by atoms with Gasteiger partial charge in [-0.15, -0.1) is 0 Å². The number of carboxylic acids is 1. The number of ether oxygens (including phenoxy) is 1. The fraction of sp³-hybridized carbons (Fsp3) is 0.304. The molecule has 1 saturated carbocycles. The van der Waals surface area contributed by atoms with Crippen LogP contribution in [0.25, 0.3) is 0 Å². The Labute approximate surface area is 189 Å². The molecule has 1 aromatic heterocycles. The summed E-state index contributed by atoms with van der Waals surface area (Å²) in [6, 6.07) is 6.96. The molecular weight excluding hydrogens is 432 g/mol. The first-order valence-corrected chi connectivity index (χ1v) is 10.7. The van der Waals surface area contributed by atoms with Crippen molar-refractivity contribution < 1.29 is 19.4 Å². The van der Waals surface area contributed by atoms with E-state index in [2.05, 4.69) is 22.5 Å². The van der Waals surface area contributed by atoms with Crippen LogP contribution >= 0.6 is 11.6 Å². The van der Waals surface area contributed by atoms with Gasteiger partial charge in [-0.25, -0.2) is 9.79 Å². The molecule has 0 spiro atoms. The molecule has 0 unspecified atom stereocenters. The number of hydrogen-bond acceptors (Lipinski definition) is 6. The van der Waals surface area contributed by atoms with E-state index in [0.29, 0.717) is 28.6 Å². The second-order valence-electron chi connectivity index (χ2n) is 8.27. The summed E-state index contributed by atoms with van der Waals surface area (Å²) in [5, 5.41) is 12.7. The third-order valence-electron chi connectivity index (χ3n) is 6.31. The van der Waals surface area contributed by atoms with E-state index in [9.17, 15) is 9.59 Å². The molecule has 32 heavy (non-hydrogen) atoms. The zero-order chi connectivity index (χ0) is 22.4. The summed E-state index contributed by atoms with van der Waals surface area (Å²) in [6.45, 7) is -0.395. The lowest BCUT2D eigenvalue weighted by Gasteiger charge is -2.28. The van der Waals surface area contributed by atoms with Crippen molar-refractivity contribution >= 4 is 40.6 Å². The molecule has 2 bridgehead atoms. The van der Waals surface area contributed by atoms with Crippen LogP contribution < -0.4 is 15.8 Å². The van der Waals surface area contributed by atoms with Crippen LogP contribution in [0.4, 0.5) is 11.4 Å². The minimum absolute atomic E-state index is 0.128. The number of rotatable bonds is 7. The van der Waals surface area contributed by atoms with Gasteiger partial charge in [0.25, 0.3) is 0 Å². The number of aliphatic imine (C=N–C) groups is 1. The molecule has 2 aromatic rings. The number of benzene rings is 1. The number of halogens is 1. The van der Waals surface area contributed by atoms with Crippen LogP contribution in [-0.4, -0.2) is 40.3 Å². The summed E-state index contributed by atoms with van der Waals surface area (Å²) in [7, 11) is 0. The predicted octanol–water partition coefficient (Wildman–Crippen LogP) is 2.96. The third kappa shape index (κ3) is 3.60. The number of hydrogen-bond donors (Lipinski definition) is 3. The standard InChI is InChI=1S/C23H21ClN4O4/c24-15-9-26-17-8-16(11-3-5-14(6-4-11)32-10-18(29)30)27-22(17)21(15)28-20-13-2-1-12(7-13)19(20)23(25)31/h1-6,9,12-13,19-20H,7-8,10H2,(H2,25,31)(H,26,28)(H,29,30)/t12-,13+,19+,20-/m1/s1. The number of carboxylic acid groups (broad SMARTS) is 1. The van der Waals surface area contributed by atoms with Crippen molar-refractivity contribution in [3.05, 3.63) is 58.9 Å². The fourth-order valence-corrected chi connectivity index (χ4v) is 5.06. The van der Waals surface area contributed by atoms with Crippen molar-refractivity contribution in [3.8, 4) is 5.75 Å². The Morgan fingerprint density at radius 1 is 1.22 bits per heavy atom. The molecule has 0 radical (unpaired) electrons. The minimum Gasteiger partial charge on any atom is -0.482 e. The van der Waals surface area contributed by atoms with Gasteiger partial charge in [-0.1, -0.05) is 23.8 Å². The highest BCUT2D eigenvalue weighted by molar-refractivity contribution is 6.34. The maximum atomic E-state index is 12.1. The van der Waals surface area contributed by atoms with Gasteiger partial charge in [0, 0.05) is 18.7 Å². The van der Waals surface area contributed by atoms with Crippen LogP contribution in [0.2, 0.25) is 5.02 Å². The first-order valence-electron chi connectivity index (χ1n) is 10.3. The zero-order valence-corrected chi connectivity index (χ0v) is 17.7. The molecule has 1 aromatic carbocycles. The Hall–Kier alpha value is -3.39. The van der Waals surface area contributed by atoms with E-state index < -0.39 is 12.6 Å². The van der Waals surface area contributed by atoms with Crippen LogP contribution in [0, 0.1) is 17.8 Å². The lowest BCUT2D eigenvalue weighted by Crippen LogP contribution is -2.41. The van der Waals surface area contributed by atoms with Crippen molar-refractivity contribution in [2.75, 3.05) is 11.9 Å². The topological polar surface area (TPSA) is 127 Å². The van der Waals surface area contributed by atoms with E-state index in [1.807, 2.05) is 12.1 Å². The van der Waals surface area contributed by atoms with Crippen LogP contribution in [-0.2, 0) is 16.0 Å². The third-order valence-corrected chi connectivity index (χ3v) is 6.60. The highest BCUT2D eigenvalue weighted by atomic mass is 35.5. The molecule has 5 rings (SSSR count). The predicted molar refractivity (Wildman–Crippen MR) is 120 cm³/mol. The number of nitrogens with zero attached hydrogens (tertiary/aromatic N) is 2. The number of fused-ring (bicyclic) bond motifs is 3. The molecule has 8 nitrogen and oxygen atoms in total. The second-order valence-corrected chi connectivity index (χ2v) is 8.67. The molecule has 4 atom stereocenters. The molecule has 3 aliphatic rings.